The molecule has 84 valence electrons. The number of aromatic hydroxyl groups is 1. The van der Waals surface area contributed by atoms with Crippen molar-refractivity contribution >= 4 is 0 Å². The highest BCUT2D eigenvalue weighted by atomic mass is 16.3. The number of H-pyrrole nitrogens is 2. The van der Waals surface area contributed by atoms with E-state index in [4.69, 9.17) is 0 Å². The normalized spacial score (nSPS) is 10.7. The van der Waals surface area contributed by atoms with Crippen LogP contribution in [0.2, 0.25) is 0 Å². The van der Waals surface area contributed by atoms with E-state index in [2.05, 4.69) is 10.2 Å². The Morgan fingerprint density at radius 2 is 1.56 bits per heavy atom. The maximum absolute atomic E-state index is 11.6. The van der Waals surface area contributed by atoms with Crippen molar-refractivity contribution in [2.24, 2.45) is 0 Å². The fourth-order valence-electron chi connectivity index (χ4n) is 2.15. The summed E-state index contributed by atoms with van der Waals surface area (Å²) in [5, 5.41) is 14.4. The molecule has 4 nitrogen and oxygen atoms in total. The summed E-state index contributed by atoms with van der Waals surface area (Å²) in [6.45, 7) is 5.87. The first-order chi connectivity index (χ1) is 7.50. The molecule has 0 aliphatic carbocycles. The molecule has 0 saturated heterocycles. The van der Waals surface area contributed by atoms with Crippen LogP contribution in [-0.4, -0.2) is 15.3 Å². The van der Waals surface area contributed by atoms with Gasteiger partial charge in [-0.3, -0.25) is 15.0 Å². The average molecular weight is 218 g/mol. The molecule has 1 aromatic heterocycles. The second-order valence-electron chi connectivity index (χ2n) is 4.08. The first kappa shape index (κ1) is 10.5. The van der Waals surface area contributed by atoms with Gasteiger partial charge in [0.2, 0.25) is 5.88 Å². The Morgan fingerprint density at radius 3 is 2.00 bits per heavy atom. The molecule has 0 aliphatic heterocycles. The Bertz CT molecular complexity index is 570. The predicted octanol–water partition coefficient (Wildman–Crippen LogP) is 2.00. The lowest BCUT2D eigenvalue weighted by Gasteiger charge is -2.09. The molecule has 16 heavy (non-hydrogen) atoms. The average Bonchev–Trinajstić information content (AvgIpc) is 2.47. The van der Waals surface area contributed by atoms with Crippen LogP contribution in [0.15, 0.2) is 16.9 Å². The number of aromatic amines is 2. The summed E-state index contributed by atoms with van der Waals surface area (Å²) in [4.78, 5) is 11.6. The van der Waals surface area contributed by atoms with Gasteiger partial charge in [-0.1, -0.05) is 17.7 Å². The van der Waals surface area contributed by atoms with Crippen molar-refractivity contribution in [3.05, 3.63) is 39.2 Å². The minimum Gasteiger partial charge on any atom is -0.493 e. The molecular weight excluding hydrogens is 204 g/mol. The number of aryl methyl sites for hydroxylation is 3. The van der Waals surface area contributed by atoms with Crippen LogP contribution >= 0.6 is 0 Å². The van der Waals surface area contributed by atoms with Crippen LogP contribution in [0.25, 0.3) is 11.1 Å². The van der Waals surface area contributed by atoms with E-state index >= 15 is 0 Å². The van der Waals surface area contributed by atoms with Crippen LogP contribution in [0.4, 0.5) is 0 Å². The Morgan fingerprint density at radius 1 is 1.00 bits per heavy atom. The van der Waals surface area contributed by atoms with Crippen molar-refractivity contribution < 1.29 is 5.11 Å². The largest absolute Gasteiger partial charge is 0.493 e. The SMILES string of the molecule is Cc1cc(C)c(-c2c(O)[nH][nH]c2=O)c(C)c1. The molecule has 1 aromatic carbocycles. The van der Waals surface area contributed by atoms with Crippen molar-refractivity contribution in [2.45, 2.75) is 20.8 Å². The Hall–Kier alpha value is -1.97. The topological polar surface area (TPSA) is 68.9 Å². The fourth-order valence-corrected chi connectivity index (χ4v) is 2.15. The molecule has 2 rings (SSSR count). The maximum Gasteiger partial charge on any atom is 0.275 e. The van der Waals surface area contributed by atoms with E-state index in [1.807, 2.05) is 32.9 Å². The fraction of sp³-hybridized carbons (Fsp3) is 0.250. The lowest BCUT2D eigenvalue weighted by Crippen LogP contribution is -2.04. The smallest absolute Gasteiger partial charge is 0.275 e. The highest BCUT2D eigenvalue weighted by molar-refractivity contribution is 5.74. The zero-order valence-electron chi connectivity index (χ0n) is 9.51. The number of rotatable bonds is 1. The zero-order valence-corrected chi connectivity index (χ0v) is 9.51. The minimum atomic E-state index is -0.299. The van der Waals surface area contributed by atoms with Crippen molar-refractivity contribution in [3.8, 4) is 17.0 Å². The van der Waals surface area contributed by atoms with Gasteiger partial charge in [0.15, 0.2) is 0 Å². The molecule has 0 unspecified atom stereocenters. The van der Waals surface area contributed by atoms with Crippen molar-refractivity contribution in [1.82, 2.24) is 10.2 Å². The minimum absolute atomic E-state index is 0.111. The molecule has 0 bridgehead atoms. The van der Waals surface area contributed by atoms with Gasteiger partial charge in [-0.15, -0.1) is 0 Å². The number of benzene rings is 1. The molecule has 2 aromatic rings. The van der Waals surface area contributed by atoms with Crippen LogP contribution in [0, 0.1) is 20.8 Å². The summed E-state index contributed by atoms with van der Waals surface area (Å²) in [6.07, 6.45) is 0. The monoisotopic (exact) mass is 218 g/mol. The van der Waals surface area contributed by atoms with Gasteiger partial charge in [-0.25, -0.2) is 0 Å². The Kier molecular flexibility index (Phi) is 2.34. The molecule has 4 heteroatoms. The molecular formula is C12H14N2O2. The molecule has 1 heterocycles. The summed E-state index contributed by atoms with van der Waals surface area (Å²) in [6, 6.07) is 3.99. The second-order valence-corrected chi connectivity index (χ2v) is 4.08. The lowest BCUT2D eigenvalue weighted by atomic mass is 9.95. The maximum atomic E-state index is 11.6. The summed E-state index contributed by atoms with van der Waals surface area (Å²) < 4.78 is 0. The van der Waals surface area contributed by atoms with E-state index < -0.39 is 0 Å². The van der Waals surface area contributed by atoms with Gasteiger partial charge < -0.3 is 5.11 Å². The summed E-state index contributed by atoms with van der Waals surface area (Å²) in [5.41, 5.74) is 3.93. The molecule has 0 amide bonds. The molecule has 0 fully saturated rings. The van der Waals surface area contributed by atoms with Crippen LogP contribution in [-0.2, 0) is 0 Å². The molecule has 3 N–H and O–H groups in total. The predicted molar refractivity (Wildman–Crippen MR) is 62.7 cm³/mol. The number of nitrogens with one attached hydrogen (secondary N) is 2. The molecule has 0 aliphatic rings. The first-order valence-electron chi connectivity index (χ1n) is 5.08. The van der Waals surface area contributed by atoms with Crippen molar-refractivity contribution in [1.29, 1.82) is 0 Å². The number of hydrogen-bond acceptors (Lipinski definition) is 2. The highest BCUT2D eigenvalue weighted by Gasteiger charge is 2.16. The van der Waals surface area contributed by atoms with Gasteiger partial charge in [0.25, 0.3) is 5.56 Å². The van der Waals surface area contributed by atoms with E-state index in [1.165, 1.54) is 0 Å². The van der Waals surface area contributed by atoms with Crippen molar-refractivity contribution in [2.75, 3.05) is 0 Å². The molecule has 0 saturated carbocycles. The lowest BCUT2D eigenvalue weighted by molar-refractivity contribution is 0.453. The van der Waals surface area contributed by atoms with Crippen LogP contribution in [0.5, 0.6) is 5.88 Å². The molecule has 0 radical (unpaired) electrons. The summed E-state index contributed by atoms with van der Waals surface area (Å²) >= 11 is 0. The van der Waals surface area contributed by atoms with Gasteiger partial charge in [0.1, 0.15) is 5.56 Å². The zero-order chi connectivity index (χ0) is 11.9. The van der Waals surface area contributed by atoms with E-state index in [0.717, 1.165) is 22.3 Å². The molecule has 0 spiro atoms. The third kappa shape index (κ3) is 1.52. The number of hydrogen-bond donors (Lipinski definition) is 3. The Balaban J connectivity index is 2.79. The summed E-state index contributed by atoms with van der Waals surface area (Å²) in [5.74, 6) is -0.111. The third-order valence-electron chi connectivity index (χ3n) is 2.69. The third-order valence-corrected chi connectivity index (χ3v) is 2.69. The van der Waals surface area contributed by atoms with E-state index in [-0.39, 0.29) is 11.4 Å². The second kappa shape index (κ2) is 3.56. The van der Waals surface area contributed by atoms with E-state index in [1.54, 1.807) is 0 Å². The first-order valence-corrected chi connectivity index (χ1v) is 5.08. The standard InChI is InChI=1S/C12H14N2O2/c1-6-4-7(2)9(8(3)5-6)10-11(15)13-14-12(10)16/h4-5H,1-3H3,(H3,13,14,15,16). The van der Waals surface area contributed by atoms with Crippen LogP contribution < -0.4 is 5.56 Å². The van der Waals surface area contributed by atoms with Gasteiger partial charge >= 0.3 is 0 Å². The number of aromatic nitrogens is 2. The van der Waals surface area contributed by atoms with Crippen molar-refractivity contribution in [3.63, 3.8) is 0 Å². The van der Waals surface area contributed by atoms with Crippen LogP contribution in [0.1, 0.15) is 16.7 Å². The van der Waals surface area contributed by atoms with Gasteiger partial charge in [-0.05, 0) is 37.5 Å². The van der Waals surface area contributed by atoms with Crippen LogP contribution in [0.3, 0.4) is 0 Å². The molecule has 0 atom stereocenters. The Labute approximate surface area is 92.9 Å². The van der Waals surface area contributed by atoms with E-state index in [0.29, 0.717) is 5.56 Å². The highest BCUT2D eigenvalue weighted by Crippen LogP contribution is 2.30. The van der Waals surface area contributed by atoms with Gasteiger partial charge in [0.05, 0.1) is 0 Å². The summed E-state index contributed by atoms with van der Waals surface area (Å²) in [7, 11) is 0. The van der Waals surface area contributed by atoms with Gasteiger partial charge in [-0.2, -0.15) is 0 Å². The van der Waals surface area contributed by atoms with Gasteiger partial charge in [0, 0.05) is 0 Å². The van der Waals surface area contributed by atoms with E-state index in [9.17, 15) is 9.90 Å². The quantitative estimate of drug-likeness (QED) is 0.685.